The van der Waals surface area contributed by atoms with Gasteiger partial charge < -0.3 is 14.9 Å². The molecule has 1 atom stereocenters. The molecule has 1 aromatic carbocycles. The van der Waals surface area contributed by atoms with Crippen LogP contribution in [0.25, 0.3) is 16.9 Å². The van der Waals surface area contributed by atoms with Crippen molar-refractivity contribution in [2.75, 3.05) is 19.5 Å². The normalized spacial score (nSPS) is 16.4. The second-order valence-electron chi connectivity index (χ2n) is 11.0. The SMILES string of the molecule is CSc1nc(-n2c(C)cc3c(C(N)=O)cccc32)nc2c1CCC[C@@H]2OCCO[Si](C)(C)C(C)(C)C. The van der Waals surface area contributed by atoms with Gasteiger partial charge in [-0.15, -0.1) is 11.8 Å². The minimum Gasteiger partial charge on any atom is -0.414 e. The average Bonchev–Trinajstić information content (AvgIpc) is 3.16. The summed E-state index contributed by atoms with van der Waals surface area (Å²) in [6, 6.07) is 7.55. The second-order valence-corrected chi connectivity index (χ2v) is 16.6. The second kappa shape index (κ2) is 10.3. The molecule has 9 heteroatoms. The predicted molar refractivity (Wildman–Crippen MR) is 149 cm³/mol. The summed E-state index contributed by atoms with van der Waals surface area (Å²) in [4.78, 5) is 22.0. The van der Waals surface area contributed by atoms with E-state index in [-0.39, 0.29) is 11.1 Å². The van der Waals surface area contributed by atoms with E-state index < -0.39 is 14.2 Å². The van der Waals surface area contributed by atoms with E-state index in [4.69, 9.17) is 24.9 Å². The number of aryl methyl sites for hydroxylation is 1. The molecule has 0 bridgehead atoms. The van der Waals surface area contributed by atoms with Crippen molar-refractivity contribution in [1.29, 1.82) is 0 Å². The predicted octanol–water partition coefficient (Wildman–Crippen LogP) is 5.97. The number of primary amides is 1. The number of fused-ring (bicyclic) bond motifs is 2. The van der Waals surface area contributed by atoms with Crippen LogP contribution in [0.4, 0.5) is 0 Å². The molecule has 0 saturated carbocycles. The van der Waals surface area contributed by atoms with E-state index >= 15 is 0 Å². The van der Waals surface area contributed by atoms with Crippen molar-refractivity contribution in [1.82, 2.24) is 14.5 Å². The van der Waals surface area contributed by atoms with Crippen LogP contribution in [0.5, 0.6) is 0 Å². The molecule has 4 rings (SSSR count). The zero-order chi connectivity index (χ0) is 26.3. The van der Waals surface area contributed by atoms with Crippen molar-refractivity contribution in [3.8, 4) is 5.95 Å². The smallest absolute Gasteiger partial charge is 0.249 e. The van der Waals surface area contributed by atoms with E-state index in [0.717, 1.165) is 46.6 Å². The lowest BCUT2D eigenvalue weighted by Gasteiger charge is -2.36. The number of nitrogens with two attached hydrogens (primary N) is 1. The molecule has 2 aromatic heterocycles. The minimum absolute atomic E-state index is 0.0901. The largest absolute Gasteiger partial charge is 0.414 e. The molecule has 1 amide bonds. The van der Waals surface area contributed by atoms with Crippen molar-refractivity contribution in [2.24, 2.45) is 5.73 Å². The zero-order valence-electron chi connectivity index (χ0n) is 22.5. The molecule has 0 aliphatic heterocycles. The molecule has 194 valence electrons. The molecule has 1 aliphatic rings. The van der Waals surface area contributed by atoms with E-state index in [9.17, 15) is 4.79 Å². The number of benzene rings is 1. The molecule has 2 N–H and O–H groups in total. The molecule has 36 heavy (non-hydrogen) atoms. The first kappa shape index (κ1) is 26.8. The third-order valence-corrected chi connectivity index (χ3v) is 12.8. The van der Waals surface area contributed by atoms with Crippen LogP contribution in [0, 0.1) is 6.92 Å². The highest BCUT2D eigenvalue weighted by molar-refractivity contribution is 7.98. The highest BCUT2D eigenvalue weighted by atomic mass is 32.2. The third kappa shape index (κ3) is 5.11. The Hall–Kier alpha value is -2.20. The summed E-state index contributed by atoms with van der Waals surface area (Å²) >= 11 is 1.64. The van der Waals surface area contributed by atoms with Gasteiger partial charge in [-0.3, -0.25) is 9.36 Å². The Morgan fingerprint density at radius 2 is 2.00 bits per heavy atom. The Labute approximate surface area is 219 Å². The summed E-state index contributed by atoms with van der Waals surface area (Å²) < 4.78 is 14.7. The van der Waals surface area contributed by atoms with Crippen molar-refractivity contribution < 1.29 is 14.0 Å². The monoisotopic (exact) mass is 526 g/mol. The Kier molecular flexibility index (Phi) is 7.67. The number of carbonyl (C=O) groups is 1. The summed E-state index contributed by atoms with van der Waals surface area (Å²) in [6.07, 6.45) is 4.88. The van der Waals surface area contributed by atoms with Gasteiger partial charge in [-0.2, -0.15) is 0 Å². The maximum Gasteiger partial charge on any atom is 0.249 e. The molecule has 0 unspecified atom stereocenters. The lowest BCUT2D eigenvalue weighted by molar-refractivity contribution is 0.0175. The van der Waals surface area contributed by atoms with Crippen LogP contribution in [0.3, 0.4) is 0 Å². The molecule has 1 aliphatic carbocycles. The van der Waals surface area contributed by atoms with E-state index in [1.54, 1.807) is 17.8 Å². The summed E-state index contributed by atoms with van der Waals surface area (Å²) in [5.41, 5.74) is 10.1. The standard InChI is InChI=1S/C27H38N4O3SSi/c1-17-16-20-18(24(28)32)10-8-12-21(20)31(17)26-29-23-19(25(30-26)35-5)11-9-13-22(23)33-14-15-34-36(6,7)27(2,3)4/h8,10,12,16,22H,9,11,13-15H2,1-7H3,(H2,28,32)/t22-/m0/s1. The van der Waals surface area contributed by atoms with E-state index in [2.05, 4.69) is 40.1 Å². The summed E-state index contributed by atoms with van der Waals surface area (Å²) in [5, 5.41) is 1.96. The van der Waals surface area contributed by atoms with Gasteiger partial charge in [-0.05, 0) is 68.8 Å². The lowest BCUT2D eigenvalue weighted by Crippen LogP contribution is -2.41. The van der Waals surface area contributed by atoms with Gasteiger partial charge in [0.1, 0.15) is 11.1 Å². The van der Waals surface area contributed by atoms with Crippen LogP contribution >= 0.6 is 11.8 Å². The van der Waals surface area contributed by atoms with Crippen LogP contribution in [0.2, 0.25) is 18.1 Å². The molecular formula is C27H38N4O3SSi. The Bertz CT molecular complexity index is 1280. The average molecular weight is 527 g/mol. The number of thioether (sulfide) groups is 1. The number of ether oxygens (including phenoxy) is 1. The Morgan fingerprint density at radius 3 is 2.67 bits per heavy atom. The number of rotatable bonds is 8. The number of carbonyl (C=O) groups excluding carboxylic acids is 1. The number of nitrogens with zero attached hydrogens (tertiary/aromatic N) is 3. The van der Waals surface area contributed by atoms with Crippen LogP contribution in [-0.2, 0) is 15.6 Å². The maximum atomic E-state index is 12.0. The van der Waals surface area contributed by atoms with Crippen molar-refractivity contribution in [3.05, 3.63) is 46.8 Å². The van der Waals surface area contributed by atoms with E-state index in [1.807, 2.05) is 29.7 Å². The highest BCUT2D eigenvalue weighted by Gasteiger charge is 2.37. The number of aromatic nitrogens is 3. The van der Waals surface area contributed by atoms with Crippen molar-refractivity contribution in [2.45, 2.75) is 76.2 Å². The summed E-state index contributed by atoms with van der Waals surface area (Å²) in [5.74, 6) is 0.155. The number of hydrogen-bond donors (Lipinski definition) is 1. The first-order chi connectivity index (χ1) is 16.9. The Balaban J connectivity index is 1.66. The molecule has 0 fully saturated rings. The molecule has 2 heterocycles. The molecule has 0 radical (unpaired) electrons. The van der Waals surface area contributed by atoms with Crippen LogP contribution in [-0.4, -0.2) is 48.2 Å². The maximum absolute atomic E-state index is 12.0. The fraction of sp³-hybridized carbons (Fsp3) is 0.519. The Morgan fingerprint density at radius 1 is 1.25 bits per heavy atom. The van der Waals surface area contributed by atoms with Gasteiger partial charge in [-0.25, -0.2) is 9.97 Å². The van der Waals surface area contributed by atoms with Crippen LogP contribution < -0.4 is 5.73 Å². The van der Waals surface area contributed by atoms with Crippen molar-refractivity contribution >= 4 is 36.9 Å². The topological polar surface area (TPSA) is 92.3 Å². The highest BCUT2D eigenvalue weighted by Crippen LogP contribution is 2.38. The molecular weight excluding hydrogens is 488 g/mol. The zero-order valence-corrected chi connectivity index (χ0v) is 24.3. The van der Waals surface area contributed by atoms with Gasteiger partial charge in [-0.1, -0.05) is 26.8 Å². The van der Waals surface area contributed by atoms with Gasteiger partial charge in [0.15, 0.2) is 8.32 Å². The third-order valence-electron chi connectivity index (χ3n) is 7.55. The quantitative estimate of drug-likeness (QED) is 0.168. The summed E-state index contributed by atoms with van der Waals surface area (Å²) in [7, 11) is -1.81. The molecule has 0 spiro atoms. The molecule has 7 nitrogen and oxygen atoms in total. The number of hydrogen-bond acceptors (Lipinski definition) is 6. The summed E-state index contributed by atoms with van der Waals surface area (Å²) in [6.45, 7) is 14.4. The van der Waals surface area contributed by atoms with Gasteiger partial charge >= 0.3 is 0 Å². The van der Waals surface area contributed by atoms with E-state index in [0.29, 0.717) is 24.7 Å². The molecule has 3 aromatic rings. The fourth-order valence-corrected chi connectivity index (χ4v) is 6.20. The van der Waals surface area contributed by atoms with Crippen molar-refractivity contribution in [3.63, 3.8) is 0 Å². The fourth-order valence-electron chi connectivity index (χ4n) is 4.55. The van der Waals surface area contributed by atoms with Gasteiger partial charge in [0.05, 0.1) is 24.4 Å². The van der Waals surface area contributed by atoms with Gasteiger partial charge in [0, 0.05) is 22.2 Å². The van der Waals surface area contributed by atoms with Crippen LogP contribution in [0.1, 0.15) is 67.0 Å². The minimum atomic E-state index is -1.81. The first-order valence-electron chi connectivity index (χ1n) is 12.6. The number of amides is 1. The lowest BCUT2D eigenvalue weighted by atomic mass is 9.95. The first-order valence-corrected chi connectivity index (χ1v) is 16.7. The van der Waals surface area contributed by atoms with Crippen LogP contribution in [0.15, 0.2) is 29.3 Å². The van der Waals surface area contributed by atoms with Gasteiger partial charge in [0.2, 0.25) is 11.9 Å². The molecule has 0 saturated heterocycles. The van der Waals surface area contributed by atoms with E-state index in [1.165, 1.54) is 5.56 Å². The van der Waals surface area contributed by atoms with Gasteiger partial charge in [0.25, 0.3) is 0 Å².